The van der Waals surface area contributed by atoms with Crippen LogP contribution in [-0.2, 0) is 27.3 Å². The number of aromatic nitrogens is 2. The average Bonchev–Trinajstić information content (AvgIpc) is 3.18. The molecule has 8 heteroatoms. The van der Waals surface area contributed by atoms with E-state index < -0.39 is 5.60 Å². The highest BCUT2D eigenvalue weighted by Gasteiger charge is 2.44. The first-order valence-corrected chi connectivity index (χ1v) is 11.0. The smallest absolute Gasteiger partial charge is 0.254 e. The number of amides is 2. The number of para-hydroxylation sites is 1. The second-order valence-electron chi connectivity index (χ2n) is 8.29. The predicted octanol–water partition coefficient (Wildman–Crippen LogP) is 1.71. The van der Waals surface area contributed by atoms with Crippen LogP contribution < -0.4 is 10.1 Å². The zero-order valence-electron chi connectivity index (χ0n) is 18.0. The van der Waals surface area contributed by atoms with Crippen molar-refractivity contribution in [2.45, 2.75) is 44.8 Å². The summed E-state index contributed by atoms with van der Waals surface area (Å²) in [6.07, 6.45) is 6.77. The lowest BCUT2D eigenvalue weighted by Gasteiger charge is -2.41. The van der Waals surface area contributed by atoms with E-state index >= 15 is 0 Å². The molecule has 1 N–H and O–H groups in total. The molecule has 1 aromatic carbocycles. The average molecular weight is 427 g/mol. The van der Waals surface area contributed by atoms with E-state index in [-0.39, 0.29) is 24.9 Å². The van der Waals surface area contributed by atoms with Crippen molar-refractivity contribution >= 4 is 11.8 Å². The third-order valence-electron chi connectivity index (χ3n) is 5.91. The maximum absolute atomic E-state index is 13.1. The van der Waals surface area contributed by atoms with E-state index in [0.29, 0.717) is 32.7 Å². The van der Waals surface area contributed by atoms with E-state index in [4.69, 9.17) is 9.47 Å². The largest absolute Gasteiger partial charge is 0.491 e. The van der Waals surface area contributed by atoms with Crippen molar-refractivity contribution < 1.29 is 19.1 Å². The first kappa shape index (κ1) is 21.4. The molecule has 0 radical (unpaired) electrons. The SMILES string of the molecule is Cc1cnn(CC(=O)N2CCOC3(CCCCc4ccccc4OCCNC3=O)C2)c1. The van der Waals surface area contributed by atoms with Gasteiger partial charge in [-0.15, -0.1) is 0 Å². The second kappa shape index (κ2) is 9.51. The van der Waals surface area contributed by atoms with Gasteiger partial charge in [0, 0.05) is 12.7 Å². The number of ether oxygens (including phenoxy) is 2. The Morgan fingerprint density at radius 2 is 2.13 bits per heavy atom. The molecule has 1 spiro atoms. The molecule has 8 nitrogen and oxygen atoms in total. The molecule has 1 fully saturated rings. The number of aryl methyl sites for hydroxylation is 2. The molecule has 1 saturated heterocycles. The first-order valence-electron chi connectivity index (χ1n) is 11.0. The van der Waals surface area contributed by atoms with Gasteiger partial charge < -0.3 is 19.7 Å². The normalized spacial score (nSPS) is 22.6. The van der Waals surface area contributed by atoms with Crippen molar-refractivity contribution in [3.8, 4) is 5.75 Å². The molecule has 4 rings (SSSR count). The van der Waals surface area contributed by atoms with Gasteiger partial charge in [-0.1, -0.05) is 18.2 Å². The van der Waals surface area contributed by atoms with Crippen LogP contribution in [0.5, 0.6) is 5.75 Å². The molecular formula is C23H30N4O4. The van der Waals surface area contributed by atoms with Crippen molar-refractivity contribution in [1.82, 2.24) is 20.0 Å². The topological polar surface area (TPSA) is 85.7 Å². The molecule has 2 amide bonds. The lowest BCUT2D eigenvalue weighted by molar-refractivity contribution is -0.168. The molecule has 166 valence electrons. The number of carbonyl (C=O) groups excluding carboxylic acids is 2. The van der Waals surface area contributed by atoms with Gasteiger partial charge in [0.1, 0.15) is 18.9 Å². The van der Waals surface area contributed by atoms with Crippen molar-refractivity contribution in [2.75, 3.05) is 32.8 Å². The lowest BCUT2D eigenvalue weighted by Crippen LogP contribution is -2.61. The summed E-state index contributed by atoms with van der Waals surface area (Å²) in [4.78, 5) is 27.8. The number of nitrogens with zero attached hydrogens (tertiary/aromatic N) is 3. The van der Waals surface area contributed by atoms with Crippen LogP contribution in [0.15, 0.2) is 36.7 Å². The summed E-state index contributed by atoms with van der Waals surface area (Å²) >= 11 is 0. The van der Waals surface area contributed by atoms with Gasteiger partial charge in [0.25, 0.3) is 5.91 Å². The summed E-state index contributed by atoms with van der Waals surface area (Å²) in [5.41, 5.74) is 1.17. The van der Waals surface area contributed by atoms with Gasteiger partial charge in [-0.25, -0.2) is 0 Å². The molecule has 1 aromatic heterocycles. The molecule has 0 aliphatic carbocycles. The van der Waals surface area contributed by atoms with Crippen LogP contribution in [-0.4, -0.2) is 64.9 Å². The lowest BCUT2D eigenvalue weighted by atomic mass is 9.91. The fourth-order valence-electron chi connectivity index (χ4n) is 4.26. The maximum Gasteiger partial charge on any atom is 0.254 e. The highest BCUT2D eigenvalue weighted by Crippen LogP contribution is 2.27. The van der Waals surface area contributed by atoms with E-state index in [2.05, 4.69) is 16.5 Å². The van der Waals surface area contributed by atoms with Gasteiger partial charge in [-0.3, -0.25) is 14.3 Å². The van der Waals surface area contributed by atoms with Crippen LogP contribution >= 0.6 is 0 Å². The van der Waals surface area contributed by atoms with E-state index in [1.807, 2.05) is 31.3 Å². The maximum atomic E-state index is 13.1. The number of nitrogens with one attached hydrogen (secondary N) is 1. The van der Waals surface area contributed by atoms with Gasteiger partial charge >= 0.3 is 0 Å². The van der Waals surface area contributed by atoms with Gasteiger partial charge in [-0.05, 0) is 49.8 Å². The summed E-state index contributed by atoms with van der Waals surface area (Å²) in [7, 11) is 0. The monoisotopic (exact) mass is 426 g/mol. The van der Waals surface area contributed by atoms with Gasteiger partial charge in [0.05, 0.1) is 25.9 Å². The number of rotatable bonds is 2. The molecule has 31 heavy (non-hydrogen) atoms. The van der Waals surface area contributed by atoms with Crippen molar-refractivity contribution in [3.63, 3.8) is 0 Å². The van der Waals surface area contributed by atoms with Crippen molar-refractivity contribution in [3.05, 3.63) is 47.8 Å². The highest BCUT2D eigenvalue weighted by atomic mass is 16.5. The number of hydrogen-bond donors (Lipinski definition) is 1. The molecule has 0 saturated carbocycles. The number of carbonyl (C=O) groups is 2. The van der Waals surface area contributed by atoms with Gasteiger partial charge in [0.2, 0.25) is 5.91 Å². The Bertz CT molecular complexity index is 928. The van der Waals surface area contributed by atoms with Crippen LogP contribution in [0.3, 0.4) is 0 Å². The summed E-state index contributed by atoms with van der Waals surface area (Å²) in [6, 6.07) is 8.04. The summed E-state index contributed by atoms with van der Waals surface area (Å²) in [5, 5.41) is 7.16. The number of benzene rings is 1. The van der Waals surface area contributed by atoms with Gasteiger partial charge in [-0.2, -0.15) is 5.10 Å². The predicted molar refractivity (Wildman–Crippen MR) is 115 cm³/mol. The zero-order valence-corrected chi connectivity index (χ0v) is 18.0. The third kappa shape index (κ3) is 5.07. The summed E-state index contributed by atoms with van der Waals surface area (Å²) in [5.74, 6) is 0.658. The number of fused-ring (bicyclic) bond motifs is 1. The van der Waals surface area contributed by atoms with Crippen LogP contribution in [0.1, 0.15) is 30.4 Å². The van der Waals surface area contributed by atoms with E-state index in [1.54, 1.807) is 15.8 Å². The fraction of sp³-hybridized carbons (Fsp3) is 0.522. The number of hydrogen-bond acceptors (Lipinski definition) is 5. The molecule has 3 heterocycles. The van der Waals surface area contributed by atoms with Crippen molar-refractivity contribution in [1.29, 1.82) is 0 Å². The molecule has 2 aliphatic rings. The molecule has 2 aliphatic heterocycles. The Hall–Kier alpha value is -2.87. The zero-order chi connectivity index (χ0) is 21.7. The first-order chi connectivity index (χ1) is 15.1. The number of morpholine rings is 1. The summed E-state index contributed by atoms with van der Waals surface area (Å²) < 4.78 is 13.6. The van der Waals surface area contributed by atoms with E-state index in [9.17, 15) is 9.59 Å². The molecule has 2 aromatic rings. The minimum Gasteiger partial charge on any atom is -0.491 e. The Morgan fingerprint density at radius 1 is 1.26 bits per heavy atom. The van der Waals surface area contributed by atoms with Crippen LogP contribution in [0.4, 0.5) is 0 Å². The van der Waals surface area contributed by atoms with Crippen molar-refractivity contribution in [2.24, 2.45) is 0 Å². The second-order valence-corrected chi connectivity index (χ2v) is 8.29. The Balaban J connectivity index is 1.45. The quantitative estimate of drug-likeness (QED) is 0.790. The molecule has 1 atom stereocenters. The molecule has 0 bridgehead atoms. The Kier molecular flexibility index (Phi) is 6.56. The minimum absolute atomic E-state index is 0.0537. The minimum atomic E-state index is -1.02. The Morgan fingerprint density at radius 3 is 2.97 bits per heavy atom. The highest BCUT2D eigenvalue weighted by molar-refractivity contribution is 5.87. The van der Waals surface area contributed by atoms with E-state index in [1.165, 1.54) is 5.56 Å². The van der Waals surface area contributed by atoms with Crippen LogP contribution in [0.2, 0.25) is 0 Å². The Labute approximate surface area is 182 Å². The molecule has 1 unspecified atom stereocenters. The third-order valence-corrected chi connectivity index (χ3v) is 5.91. The molecular weight excluding hydrogens is 396 g/mol. The van der Waals surface area contributed by atoms with Gasteiger partial charge in [0.15, 0.2) is 5.60 Å². The standard InChI is InChI=1S/C23H30N4O4/c1-18-14-25-27(15-18)16-21(28)26-11-13-31-23(17-26)9-5-4-7-19-6-2-3-8-20(19)30-12-10-24-22(23)29/h2-3,6,8,14-15H,4-5,7,9-13,16-17H2,1H3,(H,24,29). The van der Waals surface area contributed by atoms with Crippen LogP contribution in [0.25, 0.3) is 0 Å². The van der Waals surface area contributed by atoms with Crippen LogP contribution in [0, 0.1) is 6.92 Å². The summed E-state index contributed by atoms with van der Waals surface area (Å²) in [6.45, 7) is 3.96. The van der Waals surface area contributed by atoms with E-state index in [0.717, 1.165) is 30.6 Å². The fourth-order valence-corrected chi connectivity index (χ4v) is 4.26.